The molecule has 0 bridgehead atoms. The molecular weight excluding hydrogens is 445 g/mol. The molecule has 2 aliphatic heterocycles. The standard InChI is InChI=1S/C24H27ClFN5O2/c1-4-29-9-7-17(8-10-29)33-21-11-16(26)5-6-18(21)24(32)30-12-19-20(13-30)28-31-15(3)22(25)14(2)27-23(19)31/h5-6,11,17H,4,7-10,12-13H2,1-3H3. The number of aryl methyl sites for hydroxylation is 2. The normalized spacial score (nSPS) is 17.1. The third-order valence-electron chi connectivity index (χ3n) is 6.69. The average Bonchev–Trinajstić information content (AvgIpc) is 3.37. The van der Waals surface area contributed by atoms with Crippen LogP contribution in [0.15, 0.2) is 18.2 Å². The molecule has 9 heteroatoms. The van der Waals surface area contributed by atoms with E-state index in [0.29, 0.717) is 29.4 Å². The number of halogens is 2. The highest BCUT2D eigenvalue weighted by molar-refractivity contribution is 6.31. The van der Waals surface area contributed by atoms with Gasteiger partial charge in [-0.05, 0) is 45.4 Å². The van der Waals surface area contributed by atoms with E-state index in [4.69, 9.17) is 16.3 Å². The maximum Gasteiger partial charge on any atom is 0.258 e. The maximum atomic E-state index is 14.1. The predicted octanol–water partition coefficient (Wildman–Crippen LogP) is 4.16. The molecule has 0 spiro atoms. The van der Waals surface area contributed by atoms with Crippen LogP contribution in [0.5, 0.6) is 5.75 Å². The van der Waals surface area contributed by atoms with Gasteiger partial charge in [0.1, 0.15) is 17.7 Å². The van der Waals surface area contributed by atoms with Gasteiger partial charge in [-0.1, -0.05) is 18.5 Å². The molecule has 7 nitrogen and oxygen atoms in total. The molecule has 174 valence electrons. The van der Waals surface area contributed by atoms with Crippen molar-refractivity contribution < 1.29 is 13.9 Å². The van der Waals surface area contributed by atoms with Gasteiger partial charge >= 0.3 is 0 Å². The van der Waals surface area contributed by atoms with Crippen LogP contribution >= 0.6 is 11.6 Å². The summed E-state index contributed by atoms with van der Waals surface area (Å²) in [7, 11) is 0. The van der Waals surface area contributed by atoms with Crippen molar-refractivity contribution in [3.05, 3.63) is 57.2 Å². The van der Waals surface area contributed by atoms with Gasteiger partial charge in [-0.15, -0.1) is 0 Å². The van der Waals surface area contributed by atoms with Crippen LogP contribution in [-0.2, 0) is 13.1 Å². The molecule has 3 aromatic rings. The third kappa shape index (κ3) is 3.95. The number of piperidine rings is 1. The van der Waals surface area contributed by atoms with Crippen molar-refractivity contribution in [2.45, 2.75) is 52.8 Å². The summed E-state index contributed by atoms with van der Waals surface area (Å²) >= 11 is 6.33. The Morgan fingerprint density at radius 3 is 2.73 bits per heavy atom. The van der Waals surface area contributed by atoms with Gasteiger partial charge in [0.05, 0.1) is 40.8 Å². The van der Waals surface area contributed by atoms with Crippen molar-refractivity contribution in [3.63, 3.8) is 0 Å². The molecule has 0 aliphatic carbocycles. The minimum atomic E-state index is -0.415. The van der Waals surface area contributed by atoms with Crippen molar-refractivity contribution >= 4 is 23.2 Å². The van der Waals surface area contributed by atoms with E-state index in [1.807, 2.05) is 13.8 Å². The molecule has 0 saturated carbocycles. The minimum absolute atomic E-state index is 0.0268. The fourth-order valence-corrected chi connectivity index (χ4v) is 4.84. The Morgan fingerprint density at radius 1 is 1.24 bits per heavy atom. The first kappa shape index (κ1) is 22.1. The second-order valence-electron chi connectivity index (χ2n) is 8.81. The van der Waals surface area contributed by atoms with Crippen LogP contribution in [0.1, 0.15) is 52.8 Å². The molecule has 1 saturated heterocycles. The summed E-state index contributed by atoms with van der Waals surface area (Å²) in [5.41, 5.74) is 4.38. The number of amides is 1. The molecule has 2 aliphatic rings. The number of benzene rings is 1. The predicted molar refractivity (Wildman–Crippen MR) is 123 cm³/mol. The fourth-order valence-electron chi connectivity index (χ4n) is 4.72. The van der Waals surface area contributed by atoms with Crippen LogP contribution in [0.4, 0.5) is 4.39 Å². The number of rotatable bonds is 4. The Labute approximate surface area is 197 Å². The largest absolute Gasteiger partial charge is 0.489 e. The van der Waals surface area contributed by atoms with E-state index in [9.17, 15) is 9.18 Å². The summed E-state index contributed by atoms with van der Waals surface area (Å²) in [6, 6.07) is 4.15. The molecule has 4 heterocycles. The van der Waals surface area contributed by atoms with Crippen molar-refractivity contribution in [1.29, 1.82) is 0 Å². The lowest BCUT2D eigenvalue weighted by Gasteiger charge is -2.31. The van der Waals surface area contributed by atoms with Crippen LogP contribution in [-0.4, -0.2) is 56.0 Å². The molecule has 0 N–H and O–H groups in total. The summed E-state index contributed by atoms with van der Waals surface area (Å²) in [5.74, 6) is -0.304. The van der Waals surface area contributed by atoms with Crippen molar-refractivity contribution in [1.82, 2.24) is 24.4 Å². The second-order valence-corrected chi connectivity index (χ2v) is 9.19. The van der Waals surface area contributed by atoms with E-state index in [1.165, 1.54) is 18.2 Å². The van der Waals surface area contributed by atoms with Crippen molar-refractivity contribution in [2.24, 2.45) is 0 Å². The smallest absolute Gasteiger partial charge is 0.258 e. The van der Waals surface area contributed by atoms with Gasteiger partial charge in [-0.2, -0.15) is 5.10 Å². The third-order valence-corrected chi connectivity index (χ3v) is 7.24. The van der Waals surface area contributed by atoms with Gasteiger partial charge < -0.3 is 14.5 Å². The van der Waals surface area contributed by atoms with Gasteiger partial charge in [-0.25, -0.2) is 13.9 Å². The summed E-state index contributed by atoms with van der Waals surface area (Å²) < 4.78 is 22.0. The van der Waals surface area contributed by atoms with E-state index >= 15 is 0 Å². The zero-order valence-electron chi connectivity index (χ0n) is 19.1. The lowest BCUT2D eigenvalue weighted by Crippen LogP contribution is -2.38. The molecule has 1 aromatic carbocycles. The van der Waals surface area contributed by atoms with E-state index in [2.05, 4.69) is 21.9 Å². The topological polar surface area (TPSA) is 63.0 Å². The van der Waals surface area contributed by atoms with Crippen LogP contribution in [0.3, 0.4) is 0 Å². The van der Waals surface area contributed by atoms with Crippen LogP contribution in [0.25, 0.3) is 5.65 Å². The molecular formula is C24H27ClFN5O2. The molecule has 1 fully saturated rings. The highest BCUT2D eigenvalue weighted by Gasteiger charge is 2.32. The Morgan fingerprint density at radius 2 is 2.00 bits per heavy atom. The summed E-state index contributed by atoms with van der Waals surface area (Å²) in [6.45, 7) is 9.55. The number of hydrogen-bond acceptors (Lipinski definition) is 5. The summed E-state index contributed by atoms with van der Waals surface area (Å²) in [6.07, 6.45) is 1.69. The van der Waals surface area contributed by atoms with E-state index in [1.54, 1.807) is 9.42 Å². The SMILES string of the molecule is CCN1CCC(Oc2cc(F)ccc2C(=O)N2Cc3nn4c(C)c(Cl)c(C)nc4c3C2)CC1. The van der Waals surface area contributed by atoms with Gasteiger partial charge in [0.2, 0.25) is 0 Å². The number of hydrogen-bond donors (Lipinski definition) is 0. The average molecular weight is 472 g/mol. The molecule has 0 radical (unpaired) electrons. The Hall–Kier alpha value is -2.71. The number of carbonyl (C=O) groups excluding carboxylic acids is 1. The van der Waals surface area contributed by atoms with Crippen molar-refractivity contribution in [3.8, 4) is 5.75 Å². The molecule has 2 aromatic heterocycles. The number of ether oxygens (including phenoxy) is 1. The molecule has 33 heavy (non-hydrogen) atoms. The summed E-state index contributed by atoms with van der Waals surface area (Å²) in [4.78, 5) is 22.1. The van der Waals surface area contributed by atoms with E-state index < -0.39 is 5.82 Å². The molecule has 1 amide bonds. The van der Waals surface area contributed by atoms with Gasteiger partial charge in [0.15, 0.2) is 5.65 Å². The zero-order valence-corrected chi connectivity index (χ0v) is 19.8. The number of carbonyl (C=O) groups is 1. The Balaban J connectivity index is 1.38. The molecule has 0 unspecified atom stereocenters. The Bertz CT molecular complexity index is 1240. The monoisotopic (exact) mass is 471 g/mol. The van der Waals surface area contributed by atoms with E-state index in [-0.39, 0.29) is 12.0 Å². The lowest BCUT2D eigenvalue weighted by molar-refractivity contribution is 0.0729. The van der Waals surface area contributed by atoms with Gasteiger partial charge in [-0.3, -0.25) is 4.79 Å². The highest BCUT2D eigenvalue weighted by Crippen LogP contribution is 2.32. The van der Waals surface area contributed by atoms with Crippen LogP contribution in [0.2, 0.25) is 5.02 Å². The fraction of sp³-hybridized carbons (Fsp3) is 0.458. The molecule has 5 rings (SSSR count). The van der Waals surface area contributed by atoms with Crippen LogP contribution in [0, 0.1) is 19.7 Å². The van der Waals surface area contributed by atoms with Crippen LogP contribution < -0.4 is 4.74 Å². The number of nitrogens with zero attached hydrogens (tertiary/aromatic N) is 5. The number of likely N-dealkylation sites (tertiary alicyclic amines) is 1. The first-order valence-electron chi connectivity index (χ1n) is 11.4. The van der Waals surface area contributed by atoms with Crippen molar-refractivity contribution in [2.75, 3.05) is 19.6 Å². The maximum absolute atomic E-state index is 14.1. The van der Waals surface area contributed by atoms with Gasteiger partial charge in [0, 0.05) is 24.7 Å². The lowest BCUT2D eigenvalue weighted by atomic mass is 10.1. The second kappa shape index (κ2) is 8.57. The summed E-state index contributed by atoms with van der Waals surface area (Å²) in [5, 5.41) is 5.24. The Kier molecular flexibility index (Phi) is 5.74. The van der Waals surface area contributed by atoms with E-state index in [0.717, 1.165) is 60.8 Å². The highest BCUT2D eigenvalue weighted by atomic mass is 35.5. The zero-order chi connectivity index (χ0) is 23.3. The van der Waals surface area contributed by atoms with Gasteiger partial charge in [0.25, 0.3) is 5.91 Å². The first-order chi connectivity index (χ1) is 15.9. The number of fused-ring (bicyclic) bond motifs is 3. The quantitative estimate of drug-likeness (QED) is 0.571. The number of aromatic nitrogens is 3. The minimum Gasteiger partial charge on any atom is -0.489 e. The first-order valence-corrected chi connectivity index (χ1v) is 11.7. The molecule has 0 atom stereocenters.